The summed E-state index contributed by atoms with van der Waals surface area (Å²) in [4.78, 5) is 27.0. The summed E-state index contributed by atoms with van der Waals surface area (Å²) in [6, 6.07) is 4.34. The standard InChI is InChI=1S/C20H21Cl2N3O2/c21-14-7-6-13(10-15(14)22)18-17-16(23-20(27)24-18)11-25(19(17)26)9-8-12-4-2-1-3-5-12/h4,6-7,10,18H,1-3,5,8-9,11H2,(H2,23,24,27). The Morgan fingerprint density at radius 3 is 2.74 bits per heavy atom. The molecule has 4 rings (SSSR count). The summed E-state index contributed by atoms with van der Waals surface area (Å²) < 4.78 is 0. The molecule has 3 amide bonds. The normalized spacial score (nSPS) is 22.4. The van der Waals surface area contributed by atoms with Gasteiger partial charge in [0.15, 0.2) is 0 Å². The molecule has 2 N–H and O–H groups in total. The zero-order chi connectivity index (χ0) is 19.0. The predicted octanol–water partition coefficient (Wildman–Crippen LogP) is 4.33. The molecule has 2 heterocycles. The fourth-order valence-corrected chi connectivity index (χ4v) is 4.27. The first-order valence-electron chi connectivity index (χ1n) is 9.25. The Balaban J connectivity index is 1.54. The molecule has 0 spiro atoms. The van der Waals surface area contributed by atoms with Gasteiger partial charge in [0.05, 0.1) is 33.9 Å². The van der Waals surface area contributed by atoms with E-state index >= 15 is 0 Å². The molecule has 3 aliphatic rings. The van der Waals surface area contributed by atoms with E-state index in [9.17, 15) is 9.59 Å². The van der Waals surface area contributed by atoms with Crippen molar-refractivity contribution in [2.75, 3.05) is 13.1 Å². The van der Waals surface area contributed by atoms with Crippen molar-refractivity contribution in [1.82, 2.24) is 15.5 Å². The van der Waals surface area contributed by atoms with Crippen molar-refractivity contribution >= 4 is 35.1 Å². The zero-order valence-electron chi connectivity index (χ0n) is 14.9. The van der Waals surface area contributed by atoms with Crippen LogP contribution in [0.1, 0.15) is 43.7 Å². The summed E-state index contributed by atoms with van der Waals surface area (Å²) in [6.45, 7) is 1.11. The Kier molecular flexibility index (Phi) is 5.15. The van der Waals surface area contributed by atoms with Crippen molar-refractivity contribution < 1.29 is 9.59 Å². The molecule has 1 atom stereocenters. The summed E-state index contributed by atoms with van der Waals surface area (Å²) in [7, 11) is 0. The van der Waals surface area contributed by atoms with Crippen LogP contribution in [-0.4, -0.2) is 29.9 Å². The molecule has 0 bridgehead atoms. The SMILES string of the molecule is O=C1NC2=C(C(=O)N(CCC3=CCCCC3)C2)C(c2ccc(Cl)c(Cl)c2)N1. The van der Waals surface area contributed by atoms with E-state index in [2.05, 4.69) is 16.7 Å². The minimum Gasteiger partial charge on any atom is -0.333 e. The highest BCUT2D eigenvalue weighted by atomic mass is 35.5. The molecular formula is C20H21Cl2N3O2. The number of allylic oxidation sites excluding steroid dienone is 1. The minimum atomic E-state index is -0.519. The monoisotopic (exact) mass is 405 g/mol. The molecule has 1 unspecified atom stereocenters. The van der Waals surface area contributed by atoms with Crippen LogP contribution in [0, 0.1) is 0 Å². The fraction of sp³-hybridized carbons (Fsp3) is 0.400. The van der Waals surface area contributed by atoms with Crippen LogP contribution < -0.4 is 10.6 Å². The maximum Gasteiger partial charge on any atom is 0.319 e. The van der Waals surface area contributed by atoms with Crippen molar-refractivity contribution in [1.29, 1.82) is 0 Å². The van der Waals surface area contributed by atoms with E-state index in [0.29, 0.717) is 34.4 Å². The van der Waals surface area contributed by atoms with Crippen LogP contribution in [0.5, 0.6) is 0 Å². The van der Waals surface area contributed by atoms with Crippen molar-refractivity contribution in [3.63, 3.8) is 0 Å². The molecule has 27 heavy (non-hydrogen) atoms. The van der Waals surface area contributed by atoms with Crippen molar-refractivity contribution in [3.05, 3.63) is 56.7 Å². The molecular weight excluding hydrogens is 385 g/mol. The van der Waals surface area contributed by atoms with Gasteiger partial charge in [-0.1, -0.05) is 40.9 Å². The van der Waals surface area contributed by atoms with E-state index in [1.807, 2.05) is 4.90 Å². The third-order valence-electron chi connectivity index (χ3n) is 5.39. The lowest BCUT2D eigenvalue weighted by atomic mass is 9.96. The zero-order valence-corrected chi connectivity index (χ0v) is 16.4. The Labute approximate surface area is 168 Å². The Morgan fingerprint density at radius 1 is 1.15 bits per heavy atom. The lowest BCUT2D eigenvalue weighted by Gasteiger charge is -2.25. The number of urea groups is 1. The van der Waals surface area contributed by atoms with Gasteiger partial charge >= 0.3 is 6.03 Å². The molecule has 0 aromatic heterocycles. The molecule has 0 saturated heterocycles. The second-order valence-corrected chi connectivity index (χ2v) is 8.00. The quantitative estimate of drug-likeness (QED) is 0.731. The summed E-state index contributed by atoms with van der Waals surface area (Å²) in [6.07, 6.45) is 7.94. The third kappa shape index (κ3) is 3.71. The van der Waals surface area contributed by atoms with Gasteiger partial charge in [-0.15, -0.1) is 0 Å². The maximum absolute atomic E-state index is 13.1. The van der Waals surface area contributed by atoms with Crippen LogP contribution in [0.15, 0.2) is 41.1 Å². The van der Waals surface area contributed by atoms with Gasteiger partial charge in [-0.3, -0.25) is 4.79 Å². The molecule has 7 heteroatoms. The van der Waals surface area contributed by atoms with Gasteiger partial charge in [-0.25, -0.2) is 4.79 Å². The average molecular weight is 406 g/mol. The number of amides is 3. The molecule has 0 radical (unpaired) electrons. The summed E-state index contributed by atoms with van der Waals surface area (Å²) in [5, 5.41) is 6.47. The van der Waals surface area contributed by atoms with Crippen LogP contribution in [0.25, 0.3) is 0 Å². The lowest BCUT2D eigenvalue weighted by molar-refractivity contribution is -0.125. The third-order valence-corrected chi connectivity index (χ3v) is 6.12. The summed E-state index contributed by atoms with van der Waals surface area (Å²) >= 11 is 12.1. The fourth-order valence-electron chi connectivity index (χ4n) is 3.96. The Bertz CT molecular complexity index is 863. The number of carbonyl (C=O) groups excluding carboxylic acids is 2. The lowest BCUT2D eigenvalue weighted by Crippen LogP contribution is -2.44. The highest BCUT2D eigenvalue weighted by molar-refractivity contribution is 6.42. The van der Waals surface area contributed by atoms with Crippen LogP contribution in [0.4, 0.5) is 4.79 Å². The van der Waals surface area contributed by atoms with Crippen LogP contribution in [0.2, 0.25) is 10.0 Å². The number of rotatable bonds is 4. The first-order chi connectivity index (χ1) is 13.0. The van der Waals surface area contributed by atoms with Crippen LogP contribution >= 0.6 is 23.2 Å². The number of benzene rings is 1. The minimum absolute atomic E-state index is 0.0371. The maximum atomic E-state index is 13.1. The van der Waals surface area contributed by atoms with E-state index in [0.717, 1.165) is 24.8 Å². The van der Waals surface area contributed by atoms with Gasteiger partial charge in [0, 0.05) is 6.54 Å². The largest absolute Gasteiger partial charge is 0.333 e. The number of nitrogens with zero attached hydrogens (tertiary/aromatic N) is 1. The smallest absolute Gasteiger partial charge is 0.319 e. The number of nitrogens with one attached hydrogen (secondary N) is 2. The molecule has 0 fully saturated rings. The predicted molar refractivity (Wildman–Crippen MR) is 106 cm³/mol. The molecule has 1 aromatic carbocycles. The number of carbonyl (C=O) groups is 2. The van der Waals surface area contributed by atoms with Gasteiger partial charge in [0.1, 0.15) is 0 Å². The first kappa shape index (κ1) is 18.4. The summed E-state index contributed by atoms with van der Waals surface area (Å²) in [5.41, 5.74) is 3.45. The molecule has 2 aliphatic heterocycles. The second kappa shape index (κ2) is 7.56. The van der Waals surface area contributed by atoms with E-state index in [-0.39, 0.29) is 11.9 Å². The number of halogens is 2. The summed E-state index contributed by atoms with van der Waals surface area (Å²) in [5.74, 6) is -0.0371. The molecule has 142 valence electrons. The second-order valence-electron chi connectivity index (χ2n) is 7.18. The Hall–Kier alpha value is -1.98. The Morgan fingerprint density at radius 2 is 2.00 bits per heavy atom. The highest BCUT2D eigenvalue weighted by Crippen LogP contribution is 2.35. The van der Waals surface area contributed by atoms with Crippen molar-refractivity contribution in [2.45, 2.75) is 38.1 Å². The molecule has 1 aromatic rings. The van der Waals surface area contributed by atoms with Crippen molar-refractivity contribution in [2.24, 2.45) is 0 Å². The molecule has 0 saturated carbocycles. The van der Waals surface area contributed by atoms with Crippen LogP contribution in [0.3, 0.4) is 0 Å². The average Bonchev–Trinajstić information content (AvgIpc) is 2.98. The van der Waals surface area contributed by atoms with Gasteiger partial charge in [-0.05, 0) is 49.8 Å². The topological polar surface area (TPSA) is 61.4 Å². The molecule has 5 nitrogen and oxygen atoms in total. The van der Waals surface area contributed by atoms with Gasteiger partial charge < -0.3 is 15.5 Å². The molecule has 1 aliphatic carbocycles. The van der Waals surface area contributed by atoms with E-state index < -0.39 is 6.04 Å². The number of hydrogen-bond acceptors (Lipinski definition) is 2. The van der Waals surface area contributed by atoms with Crippen LogP contribution in [-0.2, 0) is 4.79 Å². The highest BCUT2D eigenvalue weighted by Gasteiger charge is 2.40. The van der Waals surface area contributed by atoms with Crippen molar-refractivity contribution in [3.8, 4) is 0 Å². The van der Waals surface area contributed by atoms with Gasteiger partial charge in [0.2, 0.25) is 0 Å². The first-order valence-corrected chi connectivity index (χ1v) is 10.0. The van der Waals surface area contributed by atoms with E-state index in [4.69, 9.17) is 23.2 Å². The van der Waals surface area contributed by atoms with E-state index in [1.54, 1.807) is 18.2 Å². The van der Waals surface area contributed by atoms with Gasteiger partial charge in [-0.2, -0.15) is 0 Å². The van der Waals surface area contributed by atoms with Gasteiger partial charge in [0.25, 0.3) is 5.91 Å². The number of hydrogen-bond donors (Lipinski definition) is 2. The van der Waals surface area contributed by atoms with E-state index in [1.165, 1.54) is 18.4 Å².